The third-order valence-electron chi connectivity index (χ3n) is 4.47. The minimum Gasteiger partial charge on any atom is -0.490 e. The Morgan fingerprint density at radius 3 is 2.40 bits per heavy atom. The molecule has 1 amide bonds. The van der Waals surface area contributed by atoms with E-state index in [0.717, 1.165) is 29.8 Å². The average molecular weight is 334 g/mol. The van der Waals surface area contributed by atoms with Gasteiger partial charge in [-0.25, -0.2) is 0 Å². The normalized spacial score (nSPS) is 14.0. The van der Waals surface area contributed by atoms with Crippen LogP contribution < -0.4 is 10.1 Å². The van der Waals surface area contributed by atoms with Crippen LogP contribution >= 0.6 is 0 Å². The number of benzene rings is 2. The molecule has 0 spiro atoms. The Kier molecular flexibility index (Phi) is 5.69. The number of nitriles is 1. The third-order valence-corrected chi connectivity index (χ3v) is 4.47. The van der Waals surface area contributed by atoms with E-state index in [2.05, 4.69) is 11.4 Å². The van der Waals surface area contributed by atoms with Crippen LogP contribution in [0.4, 0.5) is 5.69 Å². The summed E-state index contributed by atoms with van der Waals surface area (Å²) in [6.07, 6.45) is 6.16. The van der Waals surface area contributed by atoms with E-state index >= 15 is 0 Å². The van der Waals surface area contributed by atoms with Gasteiger partial charge in [0, 0.05) is 12.1 Å². The number of hydrogen-bond donors (Lipinski definition) is 1. The smallest absolute Gasteiger partial charge is 0.224 e. The zero-order valence-corrected chi connectivity index (χ0v) is 14.2. The Bertz CT molecular complexity index is 739. The molecule has 0 aliphatic heterocycles. The van der Waals surface area contributed by atoms with Crippen molar-refractivity contribution in [3.63, 3.8) is 0 Å². The number of carbonyl (C=O) groups is 1. The van der Waals surface area contributed by atoms with E-state index in [0.29, 0.717) is 24.5 Å². The van der Waals surface area contributed by atoms with Gasteiger partial charge >= 0.3 is 0 Å². The highest BCUT2D eigenvalue weighted by Crippen LogP contribution is 2.25. The quantitative estimate of drug-likeness (QED) is 0.849. The molecule has 4 nitrogen and oxygen atoms in total. The molecule has 2 aromatic rings. The van der Waals surface area contributed by atoms with Crippen molar-refractivity contribution in [1.82, 2.24) is 0 Å². The van der Waals surface area contributed by atoms with Crippen molar-refractivity contribution in [3.05, 3.63) is 59.7 Å². The van der Waals surface area contributed by atoms with Crippen molar-refractivity contribution >= 4 is 11.6 Å². The summed E-state index contributed by atoms with van der Waals surface area (Å²) in [6, 6.07) is 17.0. The predicted octanol–water partition coefficient (Wildman–Crippen LogP) is 4.45. The Morgan fingerprint density at radius 2 is 1.76 bits per heavy atom. The number of ether oxygens (including phenoxy) is 1. The van der Waals surface area contributed by atoms with Crippen LogP contribution in [0, 0.1) is 11.3 Å². The second-order valence-electron chi connectivity index (χ2n) is 6.41. The maximum absolute atomic E-state index is 12.1. The van der Waals surface area contributed by atoms with Crippen molar-refractivity contribution in [1.29, 1.82) is 5.26 Å². The summed E-state index contributed by atoms with van der Waals surface area (Å²) >= 11 is 0. The van der Waals surface area contributed by atoms with Gasteiger partial charge in [0.1, 0.15) is 5.75 Å². The second kappa shape index (κ2) is 8.34. The Labute approximate surface area is 148 Å². The van der Waals surface area contributed by atoms with E-state index in [1.807, 2.05) is 36.4 Å². The fourth-order valence-electron chi connectivity index (χ4n) is 3.04. The van der Waals surface area contributed by atoms with Crippen molar-refractivity contribution in [2.24, 2.45) is 0 Å². The van der Waals surface area contributed by atoms with Crippen LogP contribution in [0.5, 0.6) is 5.75 Å². The zero-order chi connectivity index (χ0) is 17.5. The van der Waals surface area contributed by atoms with Gasteiger partial charge < -0.3 is 10.1 Å². The van der Waals surface area contributed by atoms with E-state index in [1.54, 1.807) is 12.1 Å². The molecular formula is C21H22N2O2. The molecular weight excluding hydrogens is 312 g/mol. The summed E-state index contributed by atoms with van der Waals surface area (Å²) in [4.78, 5) is 12.1. The van der Waals surface area contributed by atoms with Crippen molar-refractivity contribution in [2.45, 2.75) is 44.6 Å². The van der Waals surface area contributed by atoms with Crippen molar-refractivity contribution in [2.75, 3.05) is 5.32 Å². The topological polar surface area (TPSA) is 62.1 Å². The number of carbonyl (C=O) groups excluding carboxylic acids is 1. The molecule has 0 saturated heterocycles. The van der Waals surface area contributed by atoms with Crippen LogP contribution in [0.2, 0.25) is 0 Å². The highest BCUT2D eigenvalue weighted by molar-refractivity contribution is 5.90. The monoisotopic (exact) mass is 334 g/mol. The highest BCUT2D eigenvalue weighted by atomic mass is 16.5. The molecule has 2 aromatic carbocycles. The van der Waals surface area contributed by atoms with Gasteiger partial charge in [-0.3, -0.25) is 4.79 Å². The molecule has 4 heteroatoms. The Hall–Kier alpha value is -2.80. The van der Waals surface area contributed by atoms with Gasteiger partial charge in [0.05, 0.1) is 17.7 Å². The maximum atomic E-state index is 12.1. The van der Waals surface area contributed by atoms with Crippen LogP contribution in [-0.2, 0) is 11.2 Å². The van der Waals surface area contributed by atoms with Gasteiger partial charge in [-0.05, 0) is 74.1 Å². The van der Waals surface area contributed by atoms with Gasteiger partial charge in [0.2, 0.25) is 5.91 Å². The highest BCUT2D eigenvalue weighted by Gasteiger charge is 2.16. The lowest BCUT2D eigenvalue weighted by Crippen LogP contribution is -2.13. The summed E-state index contributed by atoms with van der Waals surface area (Å²) in [7, 11) is 0. The number of rotatable bonds is 6. The Morgan fingerprint density at radius 1 is 1.08 bits per heavy atom. The number of nitrogens with zero attached hydrogens (tertiary/aromatic N) is 1. The van der Waals surface area contributed by atoms with Gasteiger partial charge in [-0.1, -0.05) is 12.1 Å². The lowest BCUT2D eigenvalue weighted by atomic mass is 10.1. The van der Waals surface area contributed by atoms with Crippen LogP contribution in [0.3, 0.4) is 0 Å². The van der Waals surface area contributed by atoms with Crippen LogP contribution in [0.1, 0.15) is 43.2 Å². The van der Waals surface area contributed by atoms with E-state index in [9.17, 15) is 4.79 Å². The number of aryl methyl sites for hydroxylation is 1. The molecule has 1 N–H and O–H groups in total. The number of nitrogens with one attached hydrogen (secondary N) is 1. The standard InChI is InChI=1S/C21H22N2O2/c22-15-17-7-5-16(6-8-17)9-14-21(24)23-18-10-12-20(13-11-18)25-19-3-1-2-4-19/h5-8,10-13,19H,1-4,9,14H2,(H,23,24). The number of hydrogen-bond acceptors (Lipinski definition) is 3. The fourth-order valence-corrected chi connectivity index (χ4v) is 3.04. The molecule has 128 valence electrons. The molecule has 25 heavy (non-hydrogen) atoms. The molecule has 1 saturated carbocycles. The first-order valence-corrected chi connectivity index (χ1v) is 8.78. The molecule has 1 aliphatic carbocycles. The van der Waals surface area contributed by atoms with E-state index in [1.165, 1.54) is 12.8 Å². The number of amides is 1. The van der Waals surface area contributed by atoms with E-state index in [4.69, 9.17) is 10.00 Å². The van der Waals surface area contributed by atoms with Crippen LogP contribution in [-0.4, -0.2) is 12.0 Å². The molecule has 1 fully saturated rings. The Balaban J connectivity index is 1.46. The molecule has 0 heterocycles. The van der Waals surface area contributed by atoms with Gasteiger partial charge in [-0.15, -0.1) is 0 Å². The summed E-state index contributed by atoms with van der Waals surface area (Å²) in [6.45, 7) is 0. The molecule has 0 atom stereocenters. The van der Waals surface area contributed by atoms with Gasteiger partial charge in [-0.2, -0.15) is 5.26 Å². The molecule has 0 bridgehead atoms. The van der Waals surface area contributed by atoms with E-state index < -0.39 is 0 Å². The fraction of sp³-hybridized carbons (Fsp3) is 0.333. The minimum absolute atomic E-state index is 0.0196. The lowest BCUT2D eigenvalue weighted by molar-refractivity contribution is -0.116. The van der Waals surface area contributed by atoms with Crippen LogP contribution in [0.25, 0.3) is 0 Å². The predicted molar refractivity (Wildman–Crippen MR) is 97.4 cm³/mol. The van der Waals surface area contributed by atoms with Crippen LogP contribution in [0.15, 0.2) is 48.5 Å². The molecule has 0 aromatic heterocycles. The molecule has 0 radical (unpaired) electrons. The molecule has 0 unspecified atom stereocenters. The van der Waals surface area contributed by atoms with Crippen molar-refractivity contribution < 1.29 is 9.53 Å². The molecule has 3 rings (SSSR count). The first kappa shape index (κ1) is 17.0. The summed E-state index contributed by atoms with van der Waals surface area (Å²) in [5.74, 6) is 0.844. The van der Waals surface area contributed by atoms with E-state index in [-0.39, 0.29) is 5.91 Å². The maximum Gasteiger partial charge on any atom is 0.224 e. The first-order chi connectivity index (χ1) is 12.2. The zero-order valence-electron chi connectivity index (χ0n) is 14.2. The van der Waals surface area contributed by atoms with Gasteiger partial charge in [0.15, 0.2) is 0 Å². The molecule has 1 aliphatic rings. The summed E-state index contributed by atoms with van der Waals surface area (Å²) < 4.78 is 5.92. The largest absolute Gasteiger partial charge is 0.490 e. The van der Waals surface area contributed by atoms with Gasteiger partial charge in [0.25, 0.3) is 0 Å². The third kappa shape index (κ3) is 5.09. The lowest BCUT2D eigenvalue weighted by Gasteiger charge is -2.13. The first-order valence-electron chi connectivity index (χ1n) is 8.78. The average Bonchev–Trinajstić information content (AvgIpc) is 3.15. The SMILES string of the molecule is N#Cc1ccc(CCC(=O)Nc2ccc(OC3CCCC3)cc2)cc1. The number of anilines is 1. The summed E-state index contributed by atoms with van der Waals surface area (Å²) in [5.41, 5.74) is 2.46. The second-order valence-corrected chi connectivity index (χ2v) is 6.41. The van der Waals surface area contributed by atoms with Crippen molar-refractivity contribution in [3.8, 4) is 11.8 Å². The minimum atomic E-state index is -0.0196. The summed E-state index contributed by atoms with van der Waals surface area (Å²) in [5, 5.41) is 11.7.